The average molecular weight is 281 g/mol. The van der Waals surface area contributed by atoms with Crippen molar-refractivity contribution in [2.75, 3.05) is 19.6 Å². The van der Waals surface area contributed by atoms with Crippen LogP contribution in [0.2, 0.25) is 0 Å². The molecule has 0 aromatic carbocycles. The molecule has 2 fully saturated rings. The number of rotatable bonds is 8. The highest BCUT2D eigenvalue weighted by Gasteiger charge is 2.38. The summed E-state index contributed by atoms with van der Waals surface area (Å²) in [4.78, 5) is 17.1. The zero-order valence-electron chi connectivity index (χ0n) is 13.6. The molecule has 1 aliphatic carbocycles. The Morgan fingerprint density at radius 3 is 2.55 bits per heavy atom. The molecule has 116 valence electrons. The van der Waals surface area contributed by atoms with Crippen molar-refractivity contribution in [2.24, 2.45) is 5.92 Å². The van der Waals surface area contributed by atoms with E-state index < -0.39 is 0 Å². The van der Waals surface area contributed by atoms with E-state index in [4.69, 9.17) is 0 Å². The molecule has 0 bridgehead atoms. The van der Waals surface area contributed by atoms with Crippen LogP contribution in [0.4, 0.5) is 0 Å². The van der Waals surface area contributed by atoms with Crippen LogP contribution in [0, 0.1) is 5.92 Å². The SMILES string of the molecule is CCC1NC(CC(C)C)C(=O)N1CCN(CC)C1CC1. The van der Waals surface area contributed by atoms with Crippen LogP contribution in [0.15, 0.2) is 0 Å². The summed E-state index contributed by atoms with van der Waals surface area (Å²) in [5.41, 5.74) is 0. The molecule has 4 nitrogen and oxygen atoms in total. The van der Waals surface area contributed by atoms with Crippen molar-refractivity contribution in [3.8, 4) is 0 Å². The molecule has 2 unspecified atom stereocenters. The van der Waals surface area contributed by atoms with Gasteiger partial charge >= 0.3 is 0 Å². The number of hydrogen-bond donors (Lipinski definition) is 1. The lowest BCUT2D eigenvalue weighted by Gasteiger charge is -2.27. The van der Waals surface area contributed by atoms with Crippen LogP contribution in [0.1, 0.15) is 53.4 Å². The molecule has 1 saturated heterocycles. The topological polar surface area (TPSA) is 35.6 Å². The fourth-order valence-electron chi connectivity index (χ4n) is 3.27. The molecule has 1 amide bonds. The first kappa shape index (κ1) is 15.8. The molecule has 2 aliphatic rings. The Hall–Kier alpha value is -0.610. The van der Waals surface area contributed by atoms with Gasteiger partial charge in [0.25, 0.3) is 0 Å². The van der Waals surface area contributed by atoms with E-state index in [1.807, 2.05) is 0 Å². The first-order valence-electron chi connectivity index (χ1n) is 8.37. The molecule has 0 radical (unpaired) electrons. The van der Waals surface area contributed by atoms with E-state index in [1.165, 1.54) is 12.8 Å². The Morgan fingerprint density at radius 1 is 1.35 bits per heavy atom. The summed E-state index contributed by atoms with van der Waals surface area (Å²) < 4.78 is 0. The van der Waals surface area contributed by atoms with E-state index in [1.54, 1.807) is 0 Å². The van der Waals surface area contributed by atoms with Crippen LogP contribution in [-0.4, -0.2) is 53.6 Å². The van der Waals surface area contributed by atoms with Gasteiger partial charge in [0.1, 0.15) is 0 Å². The van der Waals surface area contributed by atoms with E-state index in [2.05, 4.69) is 42.8 Å². The summed E-state index contributed by atoms with van der Waals surface area (Å²) in [5.74, 6) is 0.880. The summed E-state index contributed by atoms with van der Waals surface area (Å²) in [6.07, 6.45) is 4.87. The minimum atomic E-state index is 0.0379. The second kappa shape index (κ2) is 6.90. The van der Waals surface area contributed by atoms with Crippen molar-refractivity contribution < 1.29 is 4.79 Å². The minimum absolute atomic E-state index is 0.0379. The molecule has 0 aromatic heterocycles. The Labute approximate surface area is 123 Å². The minimum Gasteiger partial charge on any atom is -0.325 e. The van der Waals surface area contributed by atoms with Crippen molar-refractivity contribution in [3.05, 3.63) is 0 Å². The number of nitrogens with zero attached hydrogens (tertiary/aromatic N) is 2. The van der Waals surface area contributed by atoms with Gasteiger partial charge in [-0.1, -0.05) is 27.7 Å². The van der Waals surface area contributed by atoms with Gasteiger partial charge in [0, 0.05) is 19.1 Å². The van der Waals surface area contributed by atoms with Crippen LogP contribution in [0.25, 0.3) is 0 Å². The highest BCUT2D eigenvalue weighted by Crippen LogP contribution is 2.26. The fraction of sp³-hybridized carbons (Fsp3) is 0.938. The van der Waals surface area contributed by atoms with E-state index in [-0.39, 0.29) is 12.2 Å². The van der Waals surface area contributed by atoms with Crippen LogP contribution in [-0.2, 0) is 4.79 Å². The largest absolute Gasteiger partial charge is 0.325 e. The number of likely N-dealkylation sites (N-methyl/N-ethyl adjacent to an activating group) is 1. The molecule has 2 atom stereocenters. The summed E-state index contributed by atoms with van der Waals surface area (Å²) in [7, 11) is 0. The van der Waals surface area contributed by atoms with Crippen LogP contribution >= 0.6 is 0 Å². The lowest BCUT2D eigenvalue weighted by molar-refractivity contribution is -0.130. The molecule has 0 spiro atoms. The maximum absolute atomic E-state index is 12.5. The quantitative estimate of drug-likeness (QED) is 0.739. The third kappa shape index (κ3) is 3.73. The van der Waals surface area contributed by atoms with Crippen molar-refractivity contribution in [2.45, 2.75) is 71.6 Å². The Morgan fingerprint density at radius 2 is 2.05 bits per heavy atom. The van der Waals surface area contributed by atoms with E-state index in [0.717, 1.165) is 38.5 Å². The van der Waals surface area contributed by atoms with Crippen LogP contribution in [0.5, 0.6) is 0 Å². The summed E-state index contributed by atoms with van der Waals surface area (Å²) in [6, 6.07) is 0.827. The van der Waals surface area contributed by atoms with Gasteiger partial charge < -0.3 is 4.90 Å². The second-order valence-electron chi connectivity index (χ2n) is 6.66. The van der Waals surface area contributed by atoms with Crippen LogP contribution in [0.3, 0.4) is 0 Å². The predicted octanol–water partition coefficient (Wildman–Crippen LogP) is 2.05. The highest BCUT2D eigenvalue weighted by molar-refractivity contribution is 5.84. The van der Waals surface area contributed by atoms with E-state index in [0.29, 0.717) is 11.8 Å². The van der Waals surface area contributed by atoms with Crippen LogP contribution < -0.4 is 5.32 Å². The number of carbonyl (C=O) groups excluding carboxylic acids is 1. The zero-order valence-corrected chi connectivity index (χ0v) is 13.6. The van der Waals surface area contributed by atoms with Crippen molar-refractivity contribution in [1.82, 2.24) is 15.1 Å². The third-order valence-corrected chi connectivity index (χ3v) is 4.54. The molecule has 4 heteroatoms. The van der Waals surface area contributed by atoms with Crippen molar-refractivity contribution in [3.63, 3.8) is 0 Å². The Bertz CT molecular complexity index is 328. The lowest BCUT2D eigenvalue weighted by Crippen LogP contribution is -2.42. The highest BCUT2D eigenvalue weighted by atomic mass is 16.2. The normalized spacial score (nSPS) is 27.1. The molecular formula is C16H31N3O. The average Bonchev–Trinajstić information content (AvgIpc) is 3.19. The Balaban J connectivity index is 1.89. The lowest BCUT2D eigenvalue weighted by atomic mass is 10.0. The summed E-state index contributed by atoms with van der Waals surface area (Å²) in [5, 5.41) is 3.52. The second-order valence-corrected chi connectivity index (χ2v) is 6.66. The molecule has 2 rings (SSSR count). The van der Waals surface area contributed by atoms with Gasteiger partial charge in [-0.3, -0.25) is 15.0 Å². The van der Waals surface area contributed by atoms with E-state index >= 15 is 0 Å². The molecular weight excluding hydrogens is 250 g/mol. The third-order valence-electron chi connectivity index (χ3n) is 4.54. The first-order valence-corrected chi connectivity index (χ1v) is 8.37. The molecule has 1 N–H and O–H groups in total. The maximum atomic E-state index is 12.5. The van der Waals surface area contributed by atoms with Gasteiger partial charge in [-0.2, -0.15) is 0 Å². The van der Waals surface area contributed by atoms with Gasteiger partial charge in [0.15, 0.2) is 0 Å². The molecule has 0 aromatic rings. The van der Waals surface area contributed by atoms with Gasteiger partial charge in [-0.25, -0.2) is 0 Å². The molecule has 1 aliphatic heterocycles. The molecule has 1 saturated carbocycles. The van der Waals surface area contributed by atoms with Gasteiger partial charge in [-0.15, -0.1) is 0 Å². The monoisotopic (exact) mass is 281 g/mol. The summed E-state index contributed by atoms with van der Waals surface area (Å²) in [6.45, 7) is 11.8. The van der Waals surface area contributed by atoms with E-state index in [9.17, 15) is 4.79 Å². The van der Waals surface area contributed by atoms with Crippen molar-refractivity contribution in [1.29, 1.82) is 0 Å². The van der Waals surface area contributed by atoms with Gasteiger partial charge in [-0.05, 0) is 38.1 Å². The fourth-order valence-corrected chi connectivity index (χ4v) is 3.27. The first-order chi connectivity index (χ1) is 9.56. The zero-order chi connectivity index (χ0) is 14.7. The predicted molar refractivity (Wildman–Crippen MR) is 82.4 cm³/mol. The van der Waals surface area contributed by atoms with Gasteiger partial charge in [0.05, 0.1) is 12.2 Å². The molecule has 1 heterocycles. The van der Waals surface area contributed by atoms with Crippen molar-refractivity contribution >= 4 is 5.91 Å². The number of hydrogen-bond acceptors (Lipinski definition) is 3. The van der Waals surface area contributed by atoms with Gasteiger partial charge in [0.2, 0.25) is 5.91 Å². The smallest absolute Gasteiger partial charge is 0.241 e. The standard InChI is InChI=1S/C16H31N3O/c1-5-15-17-14(11-12(3)4)16(20)19(15)10-9-18(6-2)13-7-8-13/h12-15,17H,5-11H2,1-4H3. The Kier molecular flexibility index (Phi) is 5.44. The molecule has 20 heavy (non-hydrogen) atoms. The number of amides is 1. The summed E-state index contributed by atoms with van der Waals surface area (Å²) >= 11 is 0. The number of nitrogens with one attached hydrogen (secondary N) is 1. The maximum Gasteiger partial charge on any atom is 0.241 e. The number of carbonyl (C=O) groups is 1.